The van der Waals surface area contributed by atoms with Crippen LogP contribution in [0.3, 0.4) is 0 Å². The van der Waals surface area contributed by atoms with Gasteiger partial charge in [-0.2, -0.15) is 0 Å². The molecule has 1 saturated heterocycles. The molecule has 1 aromatic rings. The van der Waals surface area contributed by atoms with E-state index >= 15 is 0 Å². The molecule has 0 amide bonds. The number of halogens is 1. The van der Waals surface area contributed by atoms with Crippen molar-refractivity contribution in [2.45, 2.75) is 26.3 Å². The molecule has 0 aromatic heterocycles. The monoisotopic (exact) mass is 265 g/mol. The molecular formula is C15H20FNO2. The largest absolute Gasteiger partial charge is 0.481 e. The number of hydrogen-bond donors (Lipinski definition) is 1. The summed E-state index contributed by atoms with van der Waals surface area (Å²) in [5.41, 5.74) is 0.714. The zero-order valence-electron chi connectivity index (χ0n) is 11.3. The van der Waals surface area contributed by atoms with Crippen molar-refractivity contribution in [3.63, 3.8) is 0 Å². The zero-order valence-corrected chi connectivity index (χ0v) is 11.3. The standard InChI is InChI=1S/C15H20FNO2/c1-3-14(12-6-4-5-7-13(12)16)17-8-11(9-17)10(2)15(18)19/h4-7,10-11,14H,3,8-9H2,1-2H3,(H,18,19). The fraction of sp³-hybridized carbons (Fsp3) is 0.533. The van der Waals surface area contributed by atoms with E-state index in [2.05, 4.69) is 4.90 Å². The molecule has 1 fully saturated rings. The topological polar surface area (TPSA) is 40.5 Å². The molecule has 0 spiro atoms. The van der Waals surface area contributed by atoms with Crippen LogP contribution in [0.1, 0.15) is 31.9 Å². The SMILES string of the molecule is CCC(c1ccccc1F)N1CC(C(C)C(=O)O)C1. The van der Waals surface area contributed by atoms with Crippen molar-refractivity contribution in [1.82, 2.24) is 4.90 Å². The van der Waals surface area contributed by atoms with Gasteiger partial charge in [-0.25, -0.2) is 4.39 Å². The minimum atomic E-state index is -0.747. The van der Waals surface area contributed by atoms with Crippen LogP contribution in [0.2, 0.25) is 0 Å². The summed E-state index contributed by atoms with van der Waals surface area (Å²) in [5.74, 6) is -1.07. The zero-order chi connectivity index (χ0) is 14.0. The molecule has 4 heteroatoms. The van der Waals surface area contributed by atoms with Crippen molar-refractivity contribution in [3.05, 3.63) is 35.6 Å². The molecule has 19 heavy (non-hydrogen) atoms. The van der Waals surface area contributed by atoms with Crippen LogP contribution in [0, 0.1) is 17.7 Å². The fourth-order valence-corrected chi connectivity index (χ4v) is 2.74. The van der Waals surface area contributed by atoms with Crippen LogP contribution in [-0.4, -0.2) is 29.1 Å². The van der Waals surface area contributed by atoms with E-state index in [1.165, 1.54) is 6.07 Å². The summed E-state index contributed by atoms with van der Waals surface area (Å²) in [6, 6.07) is 6.89. The first-order valence-electron chi connectivity index (χ1n) is 6.75. The quantitative estimate of drug-likeness (QED) is 0.890. The Balaban J connectivity index is 2.03. The molecule has 0 bridgehead atoms. The number of hydrogen-bond acceptors (Lipinski definition) is 2. The van der Waals surface area contributed by atoms with Gasteiger partial charge in [-0.1, -0.05) is 32.0 Å². The summed E-state index contributed by atoms with van der Waals surface area (Å²) in [5, 5.41) is 8.98. The third-order valence-corrected chi connectivity index (χ3v) is 4.13. The lowest BCUT2D eigenvalue weighted by Crippen LogP contribution is -2.52. The molecule has 1 aliphatic rings. The summed E-state index contributed by atoms with van der Waals surface area (Å²) in [6.45, 7) is 5.25. The van der Waals surface area contributed by atoms with E-state index in [0.29, 0.717) is 5.56 Å². The molecule has 2 unspecified atom stereocenters. The first-order valence-corrected chi connectivity index (χ1v) is 6.75. The van der Waals surface area contributed by atoms with Crippen molar-refractivity contribution in [2.75, 3.05) is 13.1 Å². The van der Waals surface area contributed by atoms with Gasteiger partial charge in [0.2, 0.25) is 0 Å². The average Bonchev–Trinajstić information content (AvgIpc) is 2.33. The van der Waals surface area contributed by atoms with Crippen LogP contribution in [-0.2, 0) is 4.79 Å². The summed E-state index contributed by atoms with van der Waals surface area (Å²) < 4.78 is 13.8. The first-order chi connectivity index (χ1) is 9.04. The van der Waals surface area contributed by atoms with E-state index in [1.54, 1.807) is 13.0 Å². The minimum absolute atomic E-state index is 0.0541. The summed E-state index contributed by atoms with van der Waals surface area (Å²) in [7, 11) is 0. The van der Waals surface area contributed by atoms with Crippen molar-refractivity contribution in [3.8, 4) is 0 Å². The van der Waals surface area contributed by atoms with Crippen LogP contribution in [0.15, 0.2) is 24.3 Å². The van der Waals surface area contributed by atoms with E-state index < -0.39 is 5.97 Å². The number of carboxylic acids is 1. The molecule has 104 valence electrons. The summed E-state index contributed by atoms with van der Waals surface area (Å²) >= 11 is 0. The molecule has 0 aliphatic carbocycles. The number of carboxylic acid groups (broad SMARTS) is 1. The maximum absolute atomic E-state index is 13.8. The van der Waals surface area contributed by atoms with Gasteiger partial charge < -0.3 is 5.11 Å². The number of carbonyl (C=O) groups is 1. The van der Waals surface area contributed by atoms with E-state index in [0.717, 1.165) is 19.5 Å². The van der Waals surface area contributed by atoms with Gasteiger partial charge in [-0.3, -0.25) is 9.69 Å². The van der Waals surface area contributed by atoms with Crippen molar-refractivity contribution >= 4 is 5.97 Å². The van der Waals surface area contributed by atoms with Crippen molar-refractivity contribution < 1.29 is 14.3 Å². The summed E-state index contributed by atoms with van der Waals surface area (Å²) in [6.07, 6.45) is 0.828. The molecule has 0 radical (unpaired) electrons. The average molecular weight is 265 g/mol. The Morgan fingerprint density at radius 2 is 2.11 bits per heavy atom. The Labute approximate surface area is 113 Å². The van der Waals surface area contributed by atoms with Gasteiger partial charge in [0.25, 0.3) is 0 Å². The van der Waals surface area contributed by atoms with Gasteiger partial charge in [0.15, 0.2) is 0 Å². The highest BCUT2D eigenvalue weighted by Crippen LogP contribution is 2.35. The molecule has 3 nitrogen and oxygen atoms in total. The van der Waals surface area contributed by atoms with Crippen molar-refractivity contribution in [1.29, 1.82) is 0 Å². The van der Waals surface area contributed by atoms with Crippen LogP contribution in [0.25, 0.3) is 0 Å². The number of aliphatic carboxylic acids is 1. The third-order valence-electron chi connectivity index (χ3n) is 4.13. The maximum Gasteiger partial charge on any atom is 0.306 e. The van der Waals surface area contributed by atoms with E-state index in [4.69, 9.17) is 5.11 Å². The maximum atomic E-state index is 13.8. The molecule has 2 rings (SSSR count). The lowest BCUT2D eigenvalue weighted by Gasteiger charge is -2.46. The van der Waals surface area contributed by atoms with Crippen molar-refractivity contribution in [2.24, 2.45) is 11.8 Å². The molecule has 2 atom stereocenters. The molecule has 1 aromatic carbocycles. The number of rotatable bonds is 5. The van der Waals surface area contributed by atoms with Gasteiger partial charge in [-0.05, 0) is 18.4 Å². The van der Waals surface area contributed by atoms with Gasteiger partial charge in [-0.15, -0.1) is 0 Å². The molecular weight excluding hydrogens is 245 g/mol. The highest BCUT2D eigenvalue weighted by molar-refractivity contribution is 5.70. The third kappa shape index (κ3) is 2.78. The molecule has 1 aliphatic heterocycles. The van der Waals surface area contributed by atoms with Crippen LogP contribution in [0.5, 0.6) is 0 Å². The summed E-state index contributed by atoms with van der Waals surface area (Å²) in [4.78, 5) is 13.1. The van der Waals surface area contributed by atoms with Crippen LogP contribution >= 0.6 is 0 Å². The number of nitrogens with zero attached hydrogens (tertiary/aromatic N) is 1. The number of benzene rings is 1. The van der Waals surface area contributed by atoms with E-state index in [-0.39, 0.29) is 23.7 Å². The van der Waals surface area contributed by atoms with Gasteiger partial charge in [0.05, 0.1) is 5.92 Å². The highest BCUT2D eigenvalue weighted by Gasteiger charge is 2.38. The Hall–Kier alpha value is -1.42. The second-order valence-corrected chi connectivity index (χ2v) is 5.29. The lowest BCUT2D eigenvalue weighted by atomic mass is 9.84. The van der Waals surface area contributed by atoms with E-state index in [1.807, 2.05) is 19.1 Å². The normalized spacial score (nSPS) is 19.7. The predicted octanol–water partition coefficient (Wildman–Crippen LogP) is 2.93. The minimum Gasteiger partial charge on any atom is -0.481 e. The highest BCUT2D eigenvalue weighted by atomic mass is 19.1. The van der Waals surface area contributed by atoms with Gasteiger partial charge in [0.1, 0.15) is 5.82 Å². The Bertz CT molecular complexity index is 457. The fourth-order valence-electron chi connectivity index (χ4n) is 2.74. The second-order valence-electron chi connectivity index (χ2n) is 5.29. The Kier molecular flexibility index (Phi) is 4.20. The van der Waals surface area contributed by atoms with Crippen LogP contribution < -0.4 is 0 Å². The Morgan fingerprint density at radius 3 is 2.63 bits per heavy atom. The molecule has 0 saturated carbocycles. The van der Waals surface area contributed by atoms with E-state index in [9.17, 15) is 9.18 Å². The first kappa shape index (κ1) is 14.0. The smallest absolute Gasteiger partial charge is 0.306 e. The lowest BCUT2D eigenvalue weighted by molar-refractivity contribution is -0.146. The number of likely N-dealkylation sites (tertiary alicyclic amines) is 1. The van der Waals surface area contributed by atoms with Gasteiger partial charge >= 0.3 is 5.97 Å². The molecule has 1 heterocycles. The van der Waals surface area contributed by atoms with Gasteiger partial charge in [0, 0.05) is 24.7 Å². The predicted molar refractivity (Wildman–Crippen MR) is 71.3 cm³/mol. The molecule has 1 N–H and O–H groups in total. The van der Waals surface area contributed by atoms with Crippen LogP contribution in [0.4, 0.5) is 4.39 Å². The second kappa shape index (κ2) is 5.70. The Morgan fingerprint density at radius 1 is 1.47 bits per heavy atom.